The molecule has 1 unspecified atom stereocenters. The second kappa shape index (κ2) is 6.53. The van der Waals surface area contributed by atoms with Crippen molar-refractivity contribution < 1.29 is 4.42 Å². The molecule has 1 atom stereocenters. The van der Waals surface area contributed by atoms with Gasteiger partial charge in [-0.3, -0.25) is 0 Å². The Labute approximate surface area is 116 Å². The van der Waals surface area contributed by atoms with Crippen molar-refractivity contribution >= 4 is 0 Å². The van der Waals surface area contributed by atoms with Crippen molar-refractivity contribution in [2.45, 2.75) is 58.5 Å². The van der Waals surface area contributed by atoms with Crippen LogP contribution in [0.25, 0.3) is 0 Å². The van der Waals surface area contributed by atoms with Crippen molar-refractivity contribution in [1.82, 2.24) is 9.88 Å². The monoisotopic (exact) mass is 265 g/mol. The Bertz CT molecular complexity index is 378. The van der Waals surface area contributed by atoms with E-state index in [0.29, 0.717) is 6.04 Å². The van der Waals surface area contributed by atoms with E-state index >= 15 is 0 Å². The molecular formula is C15H27N3O. The van der Waals surface area contributed by atoms with Crippen LogP contribution in [0.5, 0.6) is 0 Å². The van der Waals surface area contributed by atoms with Gasteiger partial charge < -0.3 is 15.1 Å². The summed E-state index contributed by atoms with van der Waals surface area (Å²) in [6.45, 7) is 8.94. The maximum absolute atomic E-state index is 5.77. The molecule has 0 bridgehead atoms. The fourth-order valence-corrected chi connectivity index (χ4v) is 2.77. The molecule has 0 saturated carbocycles. The second-order valence-electron chi connectivity index (χ2n) is 6.18. The van der Waals surface area contributed by atoms with Gasteiger partial charge in [0.1, 0.15) is 5.76 Å². The van der Waals surface area contributed by atoms with Gasteiger partial charge in [0.15, 0.2) is 5.89 Å². The highest BCUT2D eigenvalue weighted by Gasteiger charge is 2.22. The summed E-state index contributed by atoms with van der Waals surface area (Å²) in [7, 11) is 0. The van der Waals surface area contributed by atoms with Crippen molar-refractivity contribution in [3.05, 3.63) is 17.8 Å². The molecule has 0 aliphatic carbocycles. The van der Waals surface area contributed by atoms with Gasteiger partial charge in [-0.2, -0.15) is 0 Å². The van der Waals surface area contributed by atoms with E-state index in [0.717, 1.165) is 30.4 Å². The Morgan fingerprint density at radius 2 is 2.05 bits per heavy atom. The van der Waals surface area contributed by atoms with Crippen molar-refractivity contribution in [3.8, 4) is 0 Å². The van der Waals surface area contributed by atoms with Crippen LogP contribution in [0.2, 0.25) is 0 Å². The standard InChI is InChI=1S/C15H27N3O/c1-11(2)18-6-4-13(5-7-18)9-15-17-10-14(19-15)8-12(3)16/h10-13H,4-9,16H2,1-3H3. The fraction of sp³-hybridized carbons (Fsp3) is 0.800. The number of oxazole rings is 1. The quantitative estimate of drug-likeness (QED) is 0.887. The third kappa shape index (κ3) is 4.32. The molecule has 19 heavy (non-hydrogen) atoms. The van der Waals surface area contributed by atoms with Gasteiger partial charge in [0.2, 0.25) is 0 Å². The second-order valence-corrected chi connectivity index (χ2v) is 6.18. The zero-order valence-corrected chi connectivity index (χ0v) is 12.4. The predicted molar refractivity (Wildman–Crippen MR) is 77.0 cm³/mol. The molecule has 2 N–H and O–H groups in total. The Morgan fingerprint density at radius 1 is 1.37 bits per heavy atom. The SMILES string of the molecule is CC(N)Cc1cnc(CC2CCN(C(C)C)CC2)o1. The summed E-state index contributed by atoms with van der Waals surface area (Å²) in [5.41, 5.74) is 5.77. The number of piperidine rings is 1. The first-order chi connectivity index (χ1) is 9.04. The number of nitrogens with zero attached hydrogens (tertiary/aromatic N) is 2. The fourth-order valence-electron chi connectivity index (χ4n) is 2.77. The molecule has 1 aromatic rings. The maximum atomic E-state index is 5.77. The Kier molecular flexibility index (Phi) is 4.99. The van der Waals surface area contributed by atoms with Gasteiger partial charge in [0, 0.05) is 24.9 Å². The van der Waals surface area contributed by atoms with Crippen LogP contribution in [0.3, 0.4) is 0 Å². The number of aromatic nitrogens is 1. The van der Waals surface area contributed by atoms with Crippen LogP contribution in [0.1, 0.15) is 45.3 Å². The van der Waals surface area contributed by atoms with Gasteiger partial charge in [-0.15, -0.1) is 0 Å². The zero-order chi connectivity index (χ0) is 13.8. The molecule has 2 heterocycles. The van der Waals surface area contributed by atoms with E-state index in [9.17, 15) is 0 Å². The summed E-state index contributed by atoms with van der Waals surface area (Å²) in [5, 5.41) is 0. The average Bonchev–Trinajstić information content (AvgIpc) is 2.76. The van der Waals surface area contributed by atoms with Gasteiger partial charge in [-0.05, 0) is 52.6 Å². The molecule has 2 rings (SSSR count). The normalized spacial score (nSPS) is 20.1. The van der Waals surface area contributed by atoms with Gasteiger partial charge in [0.25, 0.3) is 0 Å². The van der Waals surface area contributed by atoms with E-state index < -0.39 is 0 Å². The largest absolute Gasteiger partial charge is 0.446 e. The van der Waals surface area contributed by atoms with Crippen molar-refractivity contribution in [3.63, 3.8) is 0 Å². The molecule has 108 valence electrons. The van der Waals surface area contributed by atoms with Gasteiger partial charge in [0.05, 0.1) is 6.20 Å². The van der Waals surface area contributed by atoms with Crippen molar-refractivity contribution in [2.24, 2.45) is 11.7 Å². The Balaban J connectivity index is 1.80. The molecule has 0 radical (unpaired) electrons. The predicted octanol–water partition coefficient (Wildman–Crippen LogP) is 2.23. The highest BCUT2D eigenvalue weighted by molar-refractivity contribution is 4.97. The topological polar surface area (TPSA) is 55.3 Å². The van der Waals surface area contributed by atoms with Gasteiger partial charge in [-0.25, -0.2) is 4.98 Å². The summed E-state index contributed by atoms with van der Waals surface area (Å²) in [6, 6.07) is 0.801. The lowest BCUT2D eigenvalue weighted by Crippen LogP contribution is -2.38. The molecule has 1 aromatic heterocycles. The maximum Gasteiger partial charge on any atom is 0.194 e. The van der Waals surface area contributed by atoms with E-state index in [1.807, 2.05) is 13.1 Å². The molecule has 4 heteroatoms. The van der Waals surface area contributed by atoms with E-state index in [2.05, 4.69) is 23.7 Å². The molecule has 4 nitrogen and oxygen atoms in total. The first-order valence-electron chi connectivity index (χ1n) is 7.47. The lowest BCUT2D eigenvalue weighted by atomic mass is 9.93. The van der Waals surface area contributed by atoms with Gasteiger partial charge >= 0.3 is 0 Å². The summed E-state index contributed by atoms with van der Waals surface area (Å²) < 4.78 is 5.77. The Hall–Kier alpha value is -0.870. The molecule has 0 amide bonds. The van der Waals surface area contributed by atoms with Crippen LogP contribution < -0.4 is 5.73 Å². The third-order valence-corrected chi connectivity index (χ3v) is 3.97. The minimum atomic E-state index is 0.134. The number of hydrogen-bond donors (Lipinski definition) is 1. The molecule has 1 aliphatic heterocycles. The van der Waals surface area contributed by atoms with Gasteiger partial charge in [-0.1, -0.05) is 0 Å². The summed E-state index contributed by atoms with van der Waals surface area (Å²) in [5.74, 6) is 2.53. The average molecular weight is 265 g/mol. The van der Waals surface area contributed by atoms with E-state index in [4.69, 9.17) is 10.2 Å². The summed E-state index contributed by atoms with van der Waals surface area (Å²) >= 11 is 0. The third-order valence-electron chi connectivity index (χ3n) is 3.97. The number of rotatable bonds is 5. The van der Waals surface area contributed by atoms with E-state index in [1.54, 1.807) is 0 Å². The van der Waals surface area contributed by atoms with Crippen molar-refractivity contribution in [1.29, 1.82) is 0 Å². The summed E-state index contributed by atoms with van der Waals surface area (Å²) in [6.07, 6.45) is 6.10. The van der Waals surface area contributed by atoms with Crippen LogP contribution in [0.4, 0.5) is 0 Å². The van der Waals surface area contributed by atoms with Crippen LogP contribution in [0.15, 0.2) is 10.6 Å². The Morgan fingerprint density at radius 3 is 2.63 bits per heavy atom. The van der Waals surface area contributed by atoms with Crippen LogP contribution >= 0.6 is 0 Å². The summed E-state index contributed by atoms with van der Waals surface area (Å²) in [4.78, 5) is 6.93. The molecule has 0 aromatic carbocycles. The first kappa shape index (κ1) is 14.5. The highest BCUT2D eigenvalue weighted by atomic mass is 16.4. The number of likely N-dealkylation sites (tertiary alicyclic amines) is 1. The lowest BCUT2D eigenvalue weighted by Gasteiger charge is -2.34. The minimum absolute atomic E-state index is 0.134. The zero-order valence-electron chi connectivity index (χ0n) is 12.4. The highest BCUT2D eigenvalue weighted by Crippen LogP contribution is 2.22. The molecule has 1 fully saturated rings. The van der Waals surface area contributed by atoms with E-state index in [1.165, 1.54) is 25.9 Å². The van der Waals surface area contributed by atoms with Crippen LogP contribution in [-0.2, 0) is 12.8 Å². The number of hydrogen-bond acceptors (Lipinski definition) is 4. The van der Waals surface area contributed by atoms with Crippen molar-refractivity contribution in [2.75, 3.05) is 13.1 Å². The molecular weight excluding hydrogens is 238 g/mol. The minimum Gasteiger partial charge on any atom is -0.446 e. The van der Waals surface area contributed by atoms with E-state index in [-0.39, 0.29) is 6.04 Å². The first-order valence-corrected chi connectivity index (χ1v) is 7.47. The number of nitrogens with two attached hydrogens (primary N) is 1. The molecule has 0 spiro atoms. The van der Waals surface area contributed by atoms with Crippen LogP contribution in [-0.4, -0.2) is 35.1 Å². The van der Waals surface area contributed by atoms with Crippen LogP contribution in [0, 0.1) is 5.92 Å². The molecule has 1 aliphatic rings. The lowest BCUT2D eigenvalue weighted by molar-refractivity contribution is 0.146. The smallest absolute Gasteiger partial charge is 0.194 e. The molecule has 1 saturated heterocycles.